The van der Waals surface area contributed by atoms with Gasteiger partial charge in [-0.3, -0.25) is 9.20 Å². The topological polar surface area (TPSA) is 94.4 Å². The van der Waals surface area contributed by atoms with Crippen LogP contribution in [0, 0.1) is 5.92 Å². The number of nitrogens with one attached hydrogen (secondary N) is 1. The summed E-state index contributed by atoms with van der Waals surface area (Å²) in [4.78, 5) is 24.3. The Kier molecular flexibility index (Phi) is 6.39. The lowest BCUT2D eigenvalue weighted by Crippen LogP contribution is -2.45. The van der Waals surface area contributed by atoms with E-state index in [0.29, 0.717) is 18.1 Å². The first-order chi connectivity index (χ1) is 11.2. The number of carbonyl (C=O) groups excluding carboxylic acids is 1. The van der Waals surface area contributed by atoms with E-state index >= 15 is 0 Å². The zero-order valence-electron chi connectivity index (χ0n) is 13.6. The molecule has 0 bridgehead atoms. The highest BCUT2D eigenvalue weighted by molar-refractivity contribution is 5.85. The molecule has 3 N–H and O–H groups in total. The summed E-state index contributed by atoms with van der Waals surface area (Å²) in [5.74, 6) is 0.324. The zero-order valence-corrected chi connectivity index (χ0v) is 14.4. The van der Waals surface area contributed by atoms with Gasteiger partial charge in [-0.1, -0.05) is 18.9 Å². The van der Waals surface area contributed by atoms with Gasteiger partial charge in [-0.05, 0) is 37.4 Å². The molecule has 1 amide bonds. The predicted molar refractivity (Wildman–Crippen MR) is 94.3 cm³/mol. The van der Waals surface area contributed by atoms with Gasteiger partial charge in [-0.25, -0.2) is 9.48 Å². The highest BCUT2D eigenvalue weighted by atomic mass is 35.5. The van der Waals surface area contributed by atoms with E-state index < -0.39 is 0 Å². The fourth-order valence-corrected chi connectivity index (χ4v) is 3.28. The number of fused-ring (bicyclic) bond motifs is 1. The summed E-state index contributed by atoms with van der Waals surface area (Å²) < 4.78 is 2.82. The van der Waals surface area contributed by atoms with Crippen LogP contribution in [0.3, 0.4) is 0 Å². The van der Waals surface area contributed by atoms with Crippen molar-refractivity contribution in [2.45, 2.75) is 44.7 Å². The highest BCUT2D eigenvalue weighted by Crippen LogP contribution is 2.23. The molecule has 0 saturated heterocycles. The number of amides is 1. The highest BCUT2D eigenvalue weighted by Gasteiger charge is 2.25. The average molecular weight is 354 g/mol. The van der Waals surface area contributed by atoms with Crippen LogP contribution in [0.5, 0.6) is 0 Å². The molecule has 2 unspecified atom stereocenters. The first-order valence-electron chi connectivity index (χ1n) is 8.22. The van der Waals surface area contributed by atoms with Gasteiger partial charge in [0.15, 0.2) is 5.65 Å². The number of hydrogen-bond acceptors (Lipinski definition) is 4. The van der Waals surface area contributed by atoms with Crippen LogP contribution in [0.1, 0.15) is 32.1 Å². The number of halogens is 1. The quantitative estimate of drug-likeness (QED) is 0.836. The summed E-state index contributed by atoms with van der Waals surface area (Å²) in [5, 5.41) is 7.30. The number of nitrogens with two attached hydrogens (primary N) is 1. The second-order valence-corrected chi connectivity index (χ2v) is 6.14. The van der Waals surface area contributed by atoms with E-state index in [1.165, 1.54) is 15.5 Å². The molecular formula is C16H24ClN5O2. The third-order valence-corrected chi connectivity index (χ3v) is 4.60. The summed E-state index contributed by atoms with van der Waals surface area (Å²) in [7, 11) is 0. The van der Waals surface area contributed by atoms with Gasteiger partial charge in [-0.2, -0.15) is 0 Å². The number of hydrogen-bond donors (Lipinski definition) is 2. The van der Waals surface area contributed by atoms with Crippen LogP contribution in [-0.4, -0.2) is 32.7 Å². The summed E-state index contributed by atoms with van der Waals surface area (Å²) in [6.07, 6.45) is 6.31. The van der Waals surface area contributed by atoms with Crippen molar-refractivity contribution in [3.8, 4) is 0 Å². The van der Waals surface area contributed by atoms with Crippen LogP contribution in [0.25, 0.3) is 5.65 Å². The lowest BCUT2D eigenvalue weighted by atomic mass is 9.84. The number of nitrogens with zero attached hydrogens (tertiary/aromatic N) is 3. The fourth-order valence-electron chi connectivity index (χ4n) is 3.28. The SMILES string of the molecule is Cl.NCC1CCCCC1NC(=O)CCn1nc2ccccn2c1=O. The number of pyridine rings is 1. The van der Waals surface area contributed by atoms with Crippen LogP contribution in [0.4, 0.5) is 0 Å². The van der Waals surface area contributed by atoms with Crippen molar-refractivity contribution < 1.29 is 4.79 Å². The van der Waals surface area contributed by atoms with Gasteiger partial charge in [-0.15, -0.1) is 17.5 Å². The van der Waals surface area contributed by atoms with Crippen molar-refractivity contribution in [3.05, 3.63) is 34.9 Å². The third-order valence-electron chi connectivity index (χ3n) is 4.60. The number of carbonyl (C=O) groups is 1. The van der Waals surface area contributed by atoms with Gasteiger partial charge in [0.25, 0.3) is 0 Å². The lowest BCUT2D eigenvalue weighted by Gasteiger charge is -2.31. The maximum atomic E-state index is 12.2. The molecule has 0 radical (unpaired) electrons. The Bertz CT molecular complexity index is 741. The molecule has 3 rings (SSSR count). The third kappa shape index (κ3) is 3.96. The summed E-state index contributed by atoms with van der Waals surface area (Å²) in [6.45, 7) is 0.892. The van der Waals surface area contributed by atoms with Crippen molar-refractivity contribution in [3.63, 3.8) is 0 Å². The van der Waals surface area contributed by atoms with Crippen LogP contribution in [0.2, 0.25) is 0 Å². The molecule has 0 aromatic carbocycles. The minimum atomic E-state index is -0.217. The molecule has 1 fully saturated rings. The Labute approximate surface area is 146 Å². The van der Waals surface area contributed by atoms with Gasteiger partial charge in [0.2, 0.25) is 5.91 Å². The van der Waals surface area contributed by atoms with Gasteiger partial charge in [0, 0.05) is 18.7 Å². The number of aryl methyl sites for hydroxylation is 1. The van der Waals surface area contributed by atoms with Crippen molar-refractivity contribution in [1.29, 1.82) is 0 Å². The largest absolute Gasteiger partial charge is 0.353 e. The Hall–Kier alpha value is -1.86. The molecule has 24 heavy (non-hydrogen) atoms. The van der Waals surface area contributed by atoms with Crippen LogP contribution in [-0.2, 0) is 11.3 Å². The minimum absolute atomic E-state index is 0. The predicted octanol–water partition coefficient (Wildman–Crippen LogP) is 0.942. The van der Waals surface area contributed by atoms with E-state index in [1.54, 1.807) is 18.3 Å². The lowest BCUT2D eigenvalue weighted by molar-refractivity contribution is -0.122. The maximum Gasteiger partial charge on any atom is 0.350 e. The van der Waals surface area contributed by atoms with Gasteiger partial charge in [0.1, 0.15) is 0 Å². The van der Waals surface area contributed by atoms with E-state index in [1.807, 2.05) is 6.07 Å². The van der Waals surface area contributed by atoms with Crippen molar-refractivity contribution >= 4 is 24.0 Å². The van der Waals surface area contributed by atoms with Crippen molar-refractivity contribution in [1.82, 2.24) is 19.5 Å². The first kappa shape index (κ1) is 18.5. The minimum Gasteiger partial charge on any atom is -0.353 e. The second-order valence-electron chi connectivity index (χ2n) is 6.14. The molecule has 7 nitrogen and oxygen atoms in total. The molecule has 0 aliphatic heterocycles. The standard InChI is InChI=1S/C16H23N5O2.ClH/c17-11-12-5-1-2-6-13(12)18-15(22)8-10-21-16(23)20-9-4-3-7-14(20)19-21;/h3-4,7,9,12-13H,1-2,5-6,8,10-11,17H2,(H,18,22);1H. The summed E-state index contributed by atoms with van der Waals surface area (Å²) in [5.41, 5.74) is 6.16. The smallest absolute Gasteiger partial charge is 0.350 e. The van der Waals surface area contributed by atoms with E-state index in [9.17, 15) is 9.59 Å². The Morgan fingerprint density at radius 3 is 2.88 bits per heavy atom. The molecule has 2 aromatic rings. The monoisotopic (exact) mass is 353 g/mol. The van der Waals surface area contributed by atoms with E-state index in [-0.39, 0.29) is 43.0 Å². The van der Waals surface area contributed by atoms with Gasteiger partial charge >= 0.3 is 5.69 Å². The number of aromatic nitrogens is 3. The molecule has 132 valence electrons. The average Bonchev–Trinajstić information content (AvgIpc) is 2.90. The van der Waals surface area contributed by atoms with Crippen molar-refractivity contribution in [2.75, 3.05) is 6.54 Å². The first-order valence-corrected chi connectivity index (χ1v) is 8.22. The van der Waals surface area contributed by atoms with Crippen LogP contribution in [0.15, 0.2) is 29.2 Å². The fraction of sp³-hybridized carbons (Fsp3) is 0.562. The molecule has 1 saturated carbocycles. The van der Waals surface area contributed by atoms with E-state index in [0.717, 1.165) is 19.3 Å². The number of rotatable bonds is 5. The van der Waals surface area contributed by atoms with Gasteiger partial charge in [0.05, 0.1) is 6.54 Å². The molecular weight excluding hydrogens is 330 g/mol. The molecule has 1 aliphatic carbocycles. The van der Waals surface area contributed by atoms with Crippen LogP contribution < -0.4 is 16.7 Å². The van der Waals surface area contributed by atoms with Crippen molar-refractivity contribution in [2.24, 2.45) is 11.7 Å². The van der Waals surface area contributed by atoms with Crippen LogP contribution >= 0.6 is 12.4 Å². The Balaban J connectivity index is 0.00000208. The molecule has 2 atom stereocenters. The molecule has 0 spiro atoms. The molecule has 2 heterocycles. The second kappa shape index (κ2) is 8.30. The Morgan fingerprint density at radius 1 is 1.33 bits per heavy atom. The van der Waals surface area contributed by atoms with E-state index in [2.05, 4.69) is 10.4 Å². The summed E-state index contributed by atoms with van der Waals surface area (Å²) >= 11 is 0. The normalized spacial score (nSPS) is 20.5. The Morgan fingerprint density at radius 2 is 2.12 bits per heavy atom. The summed E-state index contributed by atoms with van der Waals surface area (Å²) in [6, 6.07) is 5.54. The zero-order chi connectivity index (χ0) is 16.2. The maximum absolute atomic E-state index is 12.2. The molecule has 2 aromatic heterocycles. The van der Waals surface area contributed by atoms with Gasteiger partial charge < -0.3 is 11.1 Å². The molecule has 1 aliphatic rings. The van der Waals surface area contributed by atoms with E-state index in [4.69, 9.17) is 5.73 Å². The molecule has 8 heteroatoms.